The van der Waals surface area contributed by atoms with Crippen LogP contribution < -0.4 is 14.4 Å². The number of amides is 1. The molecule has 170 valence electrons. The summed E-state index contributed by atoms with van der Waals surface area (Å²) in [4.78, 5) is 12.5. The van der Waals surface area contributed by atoms with Gasteiger partial charge in [-0.3, -0.25) is 9.10 Å². The van der Waals surface area contributed by atoms with E-state index in [1.54, 1.807) is 41.8 Å². The van der Waals surface area contributed by atoms with Crippen LogP contribution in [0.2, 0.25) is 0 Å². The number of ether oxygens (including phenoxy) is 1. The van der Waals surface area contributed by atoms with Gasteiger partial charge >= 0.3 is 0 Å². The van der Waals surface area contributed by atoms with Crippen molar-refractivity contribution in [2.45, 2.75) is 17.2 Å². The maximum Gasteiger partial charge on any atom is 0.273 e. The lowest BCUT2D eigenvalue weighted by Gasteiger charge is -2.19. The molecule has 1 unspecified atom stereocenters. The van der Waals surface area contributed by atoms with Crippen LogP contribution in [0.1, 0.15) is 18.5 Å². The molecule has 6 nitrogen and oxygen atoms in total. The standard InChI is InChI=1S/C25H24N2O4S2/c1-18(22-10-5-8-19-7-3-4-9-23(19)22)26-24(28)17-31-21-14-12-20(13-15-21)27(2)33(29,30)25-11-6-16-32-25/h3-16,18H,17H2,1-2H3,(H,26,28). The van der Waals surface area contributed by atoms with Gasteiger partial charge in [0.05, 0.1) is 11.7 Å². The van der Waals surface area contributed by atoms with Crippen LogP contribution in [0, 0.1) is 0 Å². The molecule has 33 heavy (non-hydrogen) atoms. The minimum atomic E-state index is -3.60. The van der Waals surface area contributed by atoms with E-state index in [1.165, 1.54) is 22.7 Å². The first-order chi connectivity index (χ1) is 15.9. The fraction of sp³-hybridized carbons (Fsp3) is 0.160. The van der Waals surface area contributed by atoms with E-state index in [2.05, 4.69) is 5.32 Å². The SMILES string of the molecule is CC(NC(=O)COc1ccc(N(C)S(=O)(=O)c2cccs2)cc1)c1cccc2ccccc12. The fourth-order valence-corrected chi connectivity index (χ4v) is 5.93. The van der Waals surface area contributed by atoms with Gasteiger partial charge in [0.15, 0.2) is 6.61 Å². The minimum absolute atomic E-state index is 0.141. The number of hydrogen-bond acceptors (Lipinski definition) is 5. The molecule has 1 heterocycles. The Morgan fingerprint density at radius 2 is 1.73 bits per heavy atom. The number of hydrogen-bond donors (Lipinski definition) is 1. The van der Waals surface area contributed by atoms with Crippen molar-refractivity contribution in [3.8, 4) is 5.75 Å². The number of sulfonamides is 1. The van der Waals surface area contributed by atoms with Crippen LogP contribution >= 0.6 is 11.3 Å². The summed E-state index contributed by atoms with van der Waals surface area (Å²) in [6.07, 6.45) is 0. The summed E-state index contributed by atoms with van der Waals surface area (Å²) in [5.74, 6) is 0.241. The number of nitrogens with one attached hydrogen (secondary N) is 1. The van der Waals surface area contributed by atoms with Gasteiger partial charge in [-0.2, -0.15) is 0 Å². The Morgan fingerprint density at radius 3 is 2.45 bits per heavy atom. The maximum atomic E-state index is 12.6. The van der Waals surface area contributed by atoms with Crippen molar-refractivity contribution in [1.29, 1.82) is 0 Å². The summed E-state index contributed by atoms with van der Waals surface area (Å²) < 4.78 is 32.4. The van der Waals surface area contributed by atoms with Crippen molar-refractivity contribution in [2.24, 2.45) is 0 Å². The summed E-state index contributed by atoms with van der Waals surface area (Å²) >= 11 is 1.17. The Morgan fingerprint density at radius 1 is 1.00 bits per heavy atom. The number of nitrogens with zero attached hydrogens (tertiary/aromatic N) is 1. The lowest BCUT2D eigenvalue weighted by atomic mass is 10.00. The van der Waals surface area contributed by atoms with E-state index in [-0.39, 0.29) is 22.8 Å². The minimum Gasteiger partial charge on any atom is -0.484 e. The normalized spacial score (nSPS) is 12.3. The van der Waals surface area contributed by atoms with Crippen molar-refractivity contribution in [3.63, 3.8) is 0 Å². The first-order valence-electron chi connectivity index (χ1n) is 10.4. The summed E-state index contributed by atoms with van der Waals surface area (Å²) in [5, 5.41) is 6.93. The predicted molar refractivity (Wildman–Crippen MR) is 132 cm³/mol. The Hall–Kier alpha value is -3.36. The van der Waals surface area contributed by atoms with Crippen LogP contribution in [0.15, 0.2) is 88.5 Å². The van der Waals surface area contributed by atoms with Crippen LogP contribution in [-0.2, 0) is 14.8 Å². The smallest absolute Gasteiger partial charge is 0.273 e. The van der Waals surface area contributed by atoms with Crippen molar-refractivity contribution in [3.05, 3.63) is 89.8 Å². The predicted octanol–water partition coefficient (Wildman–Crippen LogP) is 4.98. The highest BCUT2D eigenvalue weighted by molar-refractivity contribution is 7.94. The second-order valence-corrected chi connectivity index (χ2v) is 10.7. The molecule has 8 heteroatoms. The zero-order chi connectivity index (χ0) is 23.4. The van der Waals surface area contributed by atoms with Gasteiger partial charge in [0.2, 0.25) is 0 Å². The molecule has 0 fully saturated rings. The van der Waals surface area contributed by atoms with E-state index in [1.807, 2.05) is 49.4 Å². The number of thiophene rings is 1. The van der Waals surface area contributed by atoms with E-state index in [4.69, 9.17) is 4.74 Å². The zero-order valence-corrected chi connectivity index (χ0v) is 19.9. The van der Waals surface area contributed by atoms with Crippen LogP contribution in [0.25, 0.3) is 10.8 Å². The highest BCUT2D eigenvalue weighted by Gasteiger charge is 2.22. The monoisotopic (exact) mass is 480 g/mol. The van der Waals surface area contributed by atoms with Crippen LogP contribution in [0.5, 0.6) is 5.75 Å². The lowest BCUT2D eigenvalue weighted by Crippen LogP contribution is -2.31. The number of benzene rings is 3. The van der Waals surface area contributed by atoms with Gasteiger partial charge in [-0.15, -0.1) is 11.3 Å². The third kappa shape index (κ3) is 5.02. The summed E-state index contributed by atoms with van der Waals surface area (Å²) in [7, 11) is -2.09. The molecular formula is C25H24N2O4S2. The number of carbonyl (C=O) groups excluding carboxylic acids is 1. The van der Waals surface area contributed by atoms with Gasteiger partial charge < -0.3 is 10.1 Å². The second-order valence-electron chi connectivity index (χ2n) is 7.54. The van der Waals surface area contributed by atoms with Crippen molar-refractivity contribution < 1.29 is 17.9 Å². The molecule has 0 saturated carbocycles. The first kappa shape index (κ1) is 22.8. The Balaban J connectivity index is 1.36. The Bertz CT molecular complexity index is 1350. The van der Waals surface area contributed by atoms with Gasteiger partial charge in [0, 0.05) is 7.05 Å². The number of carbonyl (C=O) groups is 1. The highest BCUT2D eigenvalue weighted by atomic mass is 32.2. The molecule has 3 aromatic carbocycles. The third-order valence-corrected chi connectivity index (χ3v) is 8.51. The molecule has 0 radical (unpaired) electrons. The van der Waals surface area contributed by atoms with Gasteiger partial charge in [-0.05, 0) is 59.0 Å². The largest absolute Gasteiger partial charge is 0.484 e. The van der Waals surface area contributed by atoms with E-state index in [0.29, 0.717) is 11.4 Å². The topological polar surface area (TPSA) is 75.7 Å². The molecular weight excluding hydrogens is 456 g/mol. The Labute approximate surface area is 197 Å². The van der Waals surface area contributed by atoms with Gasteiger partial charge in [0.1, 0.15) is 9.96 Å². The number of fused-ring (bicyclic) bond motifs is 1. The molecule has 0 aliphatic heterocycles. The second kappa shape index (κ2) is 9.64. The van der Waals surface area contributed by atoms with Crippen molar-refractivity contribution in [2.75, 3.05) is 18.0 Å². The van der Waals surface area contributed by atoms with Crippen LogP contribution in [0.4, 0.5) is 5.69 Å². The summed E-state index contributed by atoms with van der Waals surface area (Å²) in [6.45, 7) is 1.80. The molecule has 0 saturated heterocycles. The maximum absolute atomic E-state index is 12.6. The van der Waals surface area contributed by atoms with Crippen molar-refractivity contribution in [1.82, 2.24) is 5.32 Å². The van der Waals surface area contributed by atoms with E-state index < -0.39 is 10.0 Å². The molecule has 1 aromatic heterocycles. The van der Waals surface area contributed by atoms with Crippen molar-refractivity contribution >= 4 is 43.7 Å². The molecule has 1 atom stereocenters. The molecule has 4 rings (SSSR count). The number of rotatable bonds is 8. The molecule has 0 bridgehead atoms. The molecule has 4 aromatic rings. The lowest BCUT2D eigenvalue weighted by molar-refractivity contribution is -0.123. The van der Waals surface area contributed by atoms with Gasteiger partial charge in [-0.1, -0.05) is 48.5 Å². The quantitative estimate of drug-likeness (QED) is 0.386. The third-order valence-electron chi connectivity index (χ3n) is 5.35. The van der Waals surface area contributed by atoms with Crippen LogP contribution in [0.3, 0.4) is 0 Å². The van der Waals surface area contributed by atoms with E-state index >= 15 is 0 Å². The zero-order valence-electron chi connectivity index (χ0n) is 18.3. The number of anilines is 1. The first-order valence-corrected chi connectivity index (χ1v) is 12.7. The fourth-order valence-electron chi connectivity index (χ4n) is 3.57. The summed E-state index contributed by atoms with van der Waals surface area (Å²) in [6, 6.07) is 23.8. The average molecular weight is 481 g/mol. The van der Waals surface area contributed by atoms with E-state index in [0.717, 1.165) is 16.3 Å². The molecule has 0 aliphatic rings. The highest BCUT2D eigenvalue weighted by Crippen LogP contribution is 2.27. The molecule has 0 spiro atoms. The van der Waals surface area contributed by atoms with E-state index in [9.17, 15) is 13.2 Å². The van der Waals surface area contributed by atoms with Crippen LogP contribution in [-0.4, -0.2) is 28.0 Å². The Kier molecular flexibility index (Phi) is 6.67. The van der Waals surface area contributed by atoms with Gasteiger partial charge in [-0.25, -0.2) is 8.42 Å². The molecule has 0 aliphatic carbocycles. The average Bonchev–Trinajstić information content (AvgIpc) is 3.38. The summed E-state index contributed by atoms with van der Waals surface area (Å²) in [5.41, 5.74) is 1.55. The molecule has 1 amide bonds. The van der Waals surface area contributed by atoms with Gasteiger partial charge in [0.25, 0.3) is 15.9 Å². The molecule has 1 N–H and O–H groups in total.